The average Bonchev–Trinajstić information content (AvgIpc) is 3.61. The Morgan fingerprint density at radius 1 is 0.600 bits per heavy atom. The van der Waals surface area contributed by atoms with Crippen molar-refractivity contribution in [2.24, 2.45) is 0 Å². The number of para-hydroxylation sites is 1. The molecule has 0 N–H and O–H groups in total. The molecule has 8 rings (SSSR count). The van der Waals surface area contributed by atoms with Gasteiger partial charge in [0.05, 0.1) is 5.65 Å². The van der Waals surface area contributed by atoms with Gasteiger partial charge in [-0.2, -0.15) is 0 Å². The molecule has 0 fully saturated rings. The van der Waals surface area contributed by atoms with Gasteiger partial charge in [-0.05, 0) is 68.0 Å². The van der Waals surface area contributed by atoms with Crippen molar-refractivity contribution < 1.29 is 21.1 Å². The second-order valence-corrected chi connectivity index (χ2v) is 15.2. The summed E-state index contributed by atoms with van der Waals surface area (Å²) in [6, 6.07) is 42.6. The van der Waals surface area contributed by atoms with E-state index in [1.54, 1.807) is 0 Å². The zero-order valence-electron chi connectivity index (χ0n) is 29.6. The van der Waals surface area contributed by atoms with E-state index in [2.05, 4.69) is 156 Å². The smallest absolute Gasteiger partial charge is 0.439 e. The quantitative estimate of drug-likeness (QED) is 0.166. The van der Waals surface area contributed by atoms with Crippen LogP contribution in [0.25, 0.3) is 72.2 Å². The number of aromatic nitrogens is 4. The van der Waals surface area contributed by atoms with Crippen molar-refractivity contribution >= 4 is 32.7 Å². The van der Waals surface area contributed by atoms with Crippen LogP contribution in [0.4, 0.5) is 0 Å². The molecule has 0 bridgehead atoms. The van der Waals surface area contributed by atoms with Crippen molar-refractivity contribution in [3.8, 4) is 39.5 Å². The maximum atomic E-state index is 5.43. The van der Waals surface area contributed by atoms with E-state index >= 15 is 0 Å². The minimum Gasteiger partial charge on any atom is -0.439 e. The molecule has 4 aromatic heterocycles. The van der Waals surface area contributed by atoms with E-state index in [0.29, 0.717) is 0 Å². The SMILES string of the molecule is Cc1[n-]c(-n2c3ccccc3c3ccc(-c4[c-]c(-c5ccccn5)cc(-c5cc(C(C)(C)C)cc(C(C)(C)C)c5)c4)nc32)c2ccccc12.[Pt+2]. The van der Waals surface area contributed by atoms with Gasteiger partial charge in [0.2, 0.25) is 0 Å². The molecule has 0 amide bonds. The Bertz CT molecular complexity index is 2490. The largest absolute Gasteiger partial charge is 2.00 e. The second-order valence-electron chi connectivity index (χ2n) is 15.2. The van der Waals surface area contributed by atoms with Crippen LogP contribution in [0.15, 0.2) is 115 Å². The van der Waals surface area contributed by atoms with Gasteiger partial charge in [-0.3, -0.25) is 9.97 Å². The fraction of sp³-hybridized carbons (Fsp3) is 0.200. The molecule has 250 valence electrons. The van der Waals surface area contributed by atoms with Crippen LogP contribution in [0.1, 0.15) is 58.4 Å². The number of rotatable bonds is 4. The molecular weight excluding hydrogens is 792 g/mol. The Balaban J connectivity index is 0.00000392. The van der Waals surface area contributed by atoms with Crippen LogP contribution < -0.4 is 4.98 Å². The molecule has 5 heteroatoms. The first kappa shape index (κ1) is 33.7. The molecule has 0 saturated carbocycles. The van der Waals surface area contributed by atoms with E-state index in [1.807, 2.05) is 18.3 Å². The number of nitrogens with zero attached hydrogens (tertiary/aromatic N) is 4. The van der Waals surface area contributed by atoms with E-state index in [1.165, 1.54) is 16.7 Å². The predicted molar refractivity (Wildman–Crippen MR) is 204 cm³/mol. The molecule has 0 atom stereocenters. The topological polar surface area (TPSA) is 44.8 Å². The molecule has 0 aliphatic carbocycles. The van der Waals surface area contributed by atoms with Crippen LogP contribution in [-0.2, 0) is 31.9 Å². The second kappa shape index (κ2) is 12.5. The van der Waals surface area contributed by atoms with Gasteiger partial charge in [0.1, 0.15) is 0 Å². The molecule has 0 spiro atoms. The first-order valence-electron chi connectivity index (χ1n) is 17.0. The van der Waals surface area contributed by atoms with Gasteiger partial charge in [-0.25, -0.2) is 0 Å². The summed E-state index contributed by atoms with van der Waals surface area (Å²) in [5.74, 6) is 0.907. The standard InChI is InChI=1S/C45H40N4.Pt/c1-28-35-14-8-9-16-37(35)42(47-28)49-41-18-11-10-15-36(41)38-19-20-40(48-43(38)49)32-23-29(22-31(24-32)39-17-12-13-21-46-39)30-25-33(44(2,3)4)27-34(26-30)45(5,6)7;/h8-23,25-27H,1-7H3;/q-2;+2. The Morgan fingerprint density at radius 3 is 1.86 bits per heavy atom. The van der Waals surface area contributed by atoms with Crippen molar-refractivity contribution in [2.75, 3.05) is 0 Å². The predicted octanol–water partition coefficient (Wildman–Crippen LogP) is 11.4. The van der Waals surface area contributed by atoms with Crippen molar-refractivity contribution in [1.29, 1.82) is 0 Å². The molecule has 0 saturated heterocycles. The van der Waals surface area contributed by atoms with Crippen LogP contribution >= 0.6 is 0 Å². The van der Waals surface area contributed by atoms with Crippen molar-refractivity contribution in [2.45, 2.75) is 59.3 Å². The first-order valence-corrected chi connectivity index (χ1v) is 17.0. The van der Waals surface area contributed by atoms with Crippen LogP contribution in [0.3, 0.4) is 0 Å². The molecule has 4 nitrogen and oxygen atoms in total. The van der Waals surface area contributed by atoms with E-state index in [0.717, 1.165) is 72.3 Å². The number of hydrogen-bond donors (Lipinski definition) is 0. The van der Waals surface area contributed by atoms with Crippen LogP contribution in [0, 0.1) is 13.0 Å². The van der Waals surface area contributed by atoms with Gasteiger partial charge in [0, 0.05) is 23.0 Å². The molecule has 4 aromatic carbocycles. The van der Waals surface area contributed by atoms with Gasteiger partial charge in [0.15, 0.2) is 0 Å². The molecular formula is C45H40N4Pt. The van der Waals surface area contributed by atoms with Crippen molar-refractivity contribution in [1.82, 2.24) is 19.5 Å². The molecule has 8 aromatic rings. The third-order valence-electron chi connectivity index (χ3n) is 9.65. The van der Waals surface area contributed by atoms with Gasteiger partial charge in [-0.1, -0.05) is 155 Å². The van der Waals surface area contributed by atoms with E-state index in [-0.39, 0.29) is 31.9 Å². The van der Waals surface area contributed by atoms with E-state index in [4.69, 9.17) is 15.0 Å². The zero-order chi connectivity index (χ0) is 34.1. The summed E-state index contributed by atoms with van der Waals surface area (Å²) in [5.41, 5.74) is 11.5. The molecule has 0 aliphatic heterocycles. The van der Waals surface area contributed by atoms with Gasteiger partial charge in [-0.15, -0.1) is 18.2 Å². The number of aryl methyl sites for hydroxylation is 1. The maximum absolute atomic E-state index is 5.43. The third kappa shape index (κ3) is 5.90. The number of benzene rings is 4. The zero-order valence-corrected chi connectivity index (χ0v) is 31.8. The van der Waals surface area contributed by atoms with Gasteiger partial charge < -0.3 is 9.55 Å². The van der Waals surface area contributed by atoms with Crippen LogP contribution in [0.2, 0.25) is 0 Å². The van der Waals surface area contributed by atoms with E-state index in [9.17, 15) is 0 Å². The fourth-order valence-corrected chi connectivity index (χ4v) is 6.84. The number of hydrogen-bond acceptors (Lipinski definition) is 2. The minimum atomic E-state index is 0. The van der Waals surface area contributed by atoms with Crippen molar-refractivity contribution in [3.63, 3.8) is 0 Å². The molecule has 4 heterocycles. The summed E-state index contributed by atoms with van der Waals surface area (Å²) >= 11 is 0. The van der Waals surface area contributed by atoms with Crippen LogP contribution in [0.5, 0.6) is 0 Å². The normalized spacial score (nSPS) is 12.1. The Hall–Kier alpha value is -4.79. The molecule has 0 unspecified atom stereocenters. The summed E-state index contributed by atoms with van der Waals surface area (Å²) in [5, 5.41) is 4.53. The van der Waals surface area contributed by atoms with E-state index < -0.39 is 0 Å². The monoisotopic (exact) mass is 831 g/mol. The summed E-state index contributed by atoms with van der Waals surface area (Å²) in [6.45, 7) is 15.8. The minimum absolute atomic E-state index is 0. The third-order valence-corrected chi connectivity index (χ3v) is 9.65. The summed E-state index contributed by atoms with van der Waals surface area (Å²) < 4.78 is 2.23. The van der Waals surface area contributed by atoms with Crippen LogP contribution in [-0.4, -0.2) is 14.5 Å². The summed E-state index contributed by atoms with van der Waals surface area (Å²) in [4.78, 5) is 15.3. The average molecular weight is 832 g/mol. The molecule has 50 heavy (non-hydrogen) atoms. The Morgan fingerprint density at radius 2 is 1.20 bits per heavy atom. The summed E-state index contributed by atoms with van der Waals surface area (Å²) in [7, 11) is 0. The molecule has 0 radical (unpaired) electrons. The summed E-state index contributed by atoms with van der Waals surface area (Å²) in [6.07, 6.45) is 1.84. The van der Waals surface area contributed by atoms with Gasteiger partial charge >= 0.3 is 21.1 Å². The van der Waals surface area contributed by atoms with Crippen molar-refractivity contribution in [3.05, 3.63) is 138 Å². The number of pyridine rings is 2. The Kier molecular flexibility index (Phi) is 8.43. The Labute approximate surface area is 308 Å². The first-order chi connectivity index (χ1) is 23.5. The maximum Gasteiger partial charge on any atom is 2.00 e. The van der Waals surface area contributed by atoms with Gasteiger partial charge in [0.25, 0.3) is 0 Å². The number of fused-ring (bicyclic) bond motifs is 4. The fourth-order valence-electron chi connectivity index (χ4n) is 6.84. The molecule has 0 aliphatic rings.